The van der Waals surface area contributed by atoms with Gasteiger partial charge in [-0.25, -0.2) is 0 Å². The molecule has 2 bridgehead atoms. The monoisotopic (exact) mass is 217 g/mol. The van der Waals surface area contributed by atoms with Crippen LogP contribution in [0, 0.1) is 5.92 Å². The lowest BCUT2D eigenvalue weighted by Crippen LogP contribution is -2.57. The summed E-state index contributed by atoms with van der Waals surface area (Å²) >= 11 is 0. The van der Waals surface area contributed by atoms with Crippen LogP contribution in [-0.2, 0) is 5.60 Å². The predicted molar refractivity (Wildman–Crippen MR) is 64.1 cm³/mol. The molecule has 1 aliphatic carbocycles. The van der Waals surface area contributed by atoms with E-state index in [0.717, 1.165) is 18.5 Å². The summed E-state index contributed by atoms with van der Waals surface area (Å²) in [7, 11) is 2.18. The van der Waals surface area contributed by atoms with Crippen molar-refractivity contribution in [2.24, 2.45) is 5.92 Å². The van der Waals surface area contributed by atoms with Crippen molar-refractivity contribution in [1.82, 2.24) is 4.90 Å². The summed E-state index contributed by atoms with van der Waals surface area (Å²) < 4.78 is 0. The molecule has 86 valence electrons. The maximum atomic E-state index is 10.9. The maximum absolute atomic E-state index is 10.9. The average molecular weight is 217 g/mol. The number of benzene rings is 1. The van der Waals surface area contributed by atoms with E-state index in [9.17, 15) is 5.11 Å². The van der Waals surface area contributed by atoms with Crippen molar-refractivity contribution in [3.05, 3.63) is 35.9 Å². The van der Waals surface area contributed by atoms with Crippen LogP contribution in [0.2, 0.25) is 0 Å². The van der Waals surface area contributed by atoms with Gasteiger partial charge in [0.25, 0.3) is 0 Å². The van der Waals surface area contributed by atoms with Crippen LogP contribution in [0.5, 0.6) is 0 Å². The first-order valence-corrected chi connectivity index (χ1v) is 6.18. The fraction of sp³-hybridized carbons (Fsp3) is 0.571. The second kappa shape index (κ2) is 3.57. The molecule has 0 amide bonds. The molecule has 2 heterocycles. The molecule has 2 aliphatic heterocycles. The summed E-state index contributed by atoms with van der Waals surface area (Å²) in [5.41, 5.74) is 0.536. The average Bonchev–Trinajstić information content (AvgIpc) is 2.32. The molecule has 1 aromatic carbocycles. The fourth-order valence-electron chi connectivity index (χ4n) is 3.46. The zero-order valence-corrected chi connectivity index (χ0v) is 9.76. The van der Waals surface area contributed by atoms with E-state index in [0.29, 0.717) is 12.0 Å². The Hall–Kier alpha value is -0.860. The number of piperidine rings is 2. The van der Waals surface area contributed by atoms with Gasteiger partial charge in [-0.05, 0) is 31.9 Å². The van der Waals surface area contributed by atoms with Gasteiger partial charge >= 0.3 is 0 Å². The van der Waals surface area contributed by atoms with Crippen molar-refractivity contribution in [3.63, 3.8) is 0 Å². The lowest BCUT2D eigenvalue weighted by molar-refractivity contribution is -0.126. The largest absolute Gasteiger partial charge is 0.385 e. The molecular weight excluding hydrogens is 198 g/mol. The van der Waals surface area contributed by atoms with Crippen LogP contribution in [0.4, 0.5) is 0 Å². The Morgan fingerprint density at radius 2 is 2.00 bits per heavy atom. The highest BCUT2D eigenvalue weighted by Crippen LogP contribution is 2.47. The number of rotatable bonds is 1. The maximum Gasteiger partial charge on any atom is 0.0951 e. The molecule has 2 heteroatoms. The first-order chi connectivity index (χ1) is 7.70. The van der Waals surface area contributed by atoms with E-state index < -0.39 is 5.60 Å². The summed E-state index contributed by atoms with van der Waals surface area (Å²) in [6, 6.07) is 10.8. The van der Waals surface area contributed by atoms with Gasteiger partial charge in [0, 0.05) is 18.5 Å². The van der Waals surface area contributed by atoms with Crippen molar-refractivity contribution in [2.75, 3.05) is 13.6 Å². The summed E-state index contributed by atoms with van der Waals surface area (Å²) in [6.45, 7) is 1.04. The van der Waals surface area contributed by atoms with Crippen molar-refractivity contribution in [3.8, 4) is 0 Å². The minimum atomic E-state index is -0.573. The quantitative estimate of drug-likeness (QED) is 0.777. The number of hydrogen-bond acceptors (Lipinski definition) is 2. The van der Waals surface area contributed by atoms with Crippen LogP contribution < -0.4 is 0 Å². The van der Waals surface area contributed by atoms with Crippen LogP contribution in [-0.4, -0.2) is 29.6 Å². The molecule has 0 unspecified atom stereocenters. The molecule has 1 N–H and O–H groups in total. The second-order valence-electron chi connectivity index (χ2n) is 5.36. The molecule has 4 rings (SSSR count). The van der Waals surface area contributed by atoms with Gasteiger partial charge in [0.1, 0.15) is 0 Å². The standard InChI is InChI=1S/C14H19NO/c1-15-10-12-7-8-13(15)9-14(12,16)11-5-3-2-4-6-11/h2-6,12-13,16H,7-10H2,1H3/t12-,13-,14-/m1/s1. The van der Waals surface area contributed by atoms with Crippen LogP contribution in [0.15, 0.2) is 30.3 Å². The van der Waals surface area contributed by atoms with E-state index in [2.05, 4.69) is 24.1 Å². The molecule has 0 aromatic heterocycles. The molecule has 16 heavy (non-hydrogen) atoms. The Bertz CT molecular complexity index is 378. The van der Waals surface area contributed by atoms with Crippen molar-refractivity contribution in [2.45, 2.75) is 30.9 Å². The van der Waals surface area contributed by atoms with Crippen molar-refractivity contribution < 1.29 is 5.11 Å². The summed E-state index contributed by atoms with van der Waals surface area (Å²) in [5.74, 6) is 0.407. The van der Waals surface area contributed by atoms with Gasteiger partial charge in [-0.15, -0.1) is 0 Å². The van der Waals surface area contributed by atoms with Gasteiger partial charge in [-0.1, -0.05) is 30.3 Å². The van der Waals surface area contributed by atoms with E-state index in [1.54, 1.807) is 0 Å². The number of fused-ring (bicyclic) bond motifs is 3. The minimum Gasteiger partial charge on any atom is -0.385 e. The summed E-state index contributed by atoms with van der Waals surface area (Å²) in [4.78, 5) is 2.41. The zero-order chi connectivity index (χ0) is 11.2. The first-order valence-electron chi connectivity index (χ1n) is 6.18. The third kappa shape index (κ3) is 1.40. The molecule has 3 fully saturated rings. The molecule has 2 saturated heterocycles. The predicted octanol–water partition coefficient (Wildman–Crippen LogP) is 1.99. The molecule has 0 radical (unpaired) electrons. The SMILES string of the molecule is CN1C[C@H]2CC[C@@H]1C[C@@]2(O)c1ccccc1. The molecule has 3 atom stereocenters. The van der Waals surface area contributed by atoms with Gasteiger partial charge in [0.15, 0.2) is 0 Å². The molecule has 2 nitrogen and oxygen atoms in total. The molecule has 3 aliphatic rings. The molecule has 1 saturated carbocycles. The number of nitrogens with zero attached hydrogens (tertiary/aromatic N) is 1. The van der Waals surface area contributed by atoms with Gasteiger partial charge in [-0.3, -0.25) is 0 Å². The van der Waals surface area contributed by atoms with Gasteiger partial charge in [-0.2, -0.15) is 0 Å². The van der Waals surface area contributed by atoms with Gasteiger partial charge in [0.05, 0.1) is 5.60 Å². The highest BCUT2D eigenvalue weighted by molar-refractivity contribution is 5.25. The van der Waals surface area contributed by atoms with Crippen molar-refractivity contribution in [1.29, 1.82) is 0 Å². The van der Waals surface area contributed by atoms with Crippen LogP contribution in [0.25, 0.3) is 0 Å². The molecule has 0 spiro atoms. The fourth-order valence-corrected chi connectivity index (χ4v) is 3.46. The van der Waals surface area contributed by atoms with Crippen molar-refractivity contribution >= 4 is 0 Å². The first kappa shape index (κ1) is 10.3. The normalized spacial score (nSPS) is 38.9. The van der Waals surface area contributed by atoms with Crippen LogP contribution in [0.3, 0.4) is 0 Å². The van der Waals surface area contributed by atoms with Gasteiger partial charge in [0.2, 0.25) is 0 Å². The van der Waals surface area contributed by atoms with Crippen LogP contribution in [0.1, 0.15) is 24.8 Å². The number of aliphatic hydroxyl groups is 1. The molecular formula is C14H19NO. The topological polar surface area (TPSA) is 23.5 Å². The Labute approximate surface area is 96.9 Å². The van der Waals surface area contributed by atoms with E-state index in [-0.39, 0.29) is 0 Å². The smallest absolute Gasteiger partial charge is 0.0951 e. The highest BCUT2D eigenvalue weighted by atomic mass is 16.3. The minimum absolute atomic E-state index is 0.407. The van der Waals surface area contributed by atoms with E-state index >= 15 is 0 Å². The lowest BCUT2D eigenvalue weighted by atomic mass is 9.66. The number of hydrogen-bond donors (Lipinski definition) is 1. The molecule has 1 aromatic rings. The Morgan fingerprint density at radius 3 is 2.56 bits per heavy atom. The Balaban J connectivity index is 1.95. The Morgan fingerprint density at radius 1 is 1.25 bits per heavy atom. The van der Waals surface area contributed by atoms with Crippen LogP contribution >= 0.6 is 0 Å². The van der Waals surface area contributed by atoms with E-state index in [1.165, 1.54) is 12.8 Å². The highest BCUT2D eigenvalue weighted by Gasteiger charge is 2.49. The zero-order valence-electron chi connectivity index (χ0n) is 9.76. The summed E-state index contributed by atoms with van der Waals surface area (Å²) in [5, 5.41) is 10.9. The van der Waals surface area contributed by atoms with E-state index in [4.69, 9.17) is 0 Å². The summed E-state index contributed by atoms with van der Waals surface area (Å²) in [6.07, 6.45) is 3.31. The van der Waals surface area contributed by atoms with Gasteiger partial charge < -0.3 is 10.0 Å². The third-order valence-corrected chi connectivity index (χ3v) is 4.48. The second-order valence-corrected chi connectivity index (χ2v) is 5.36. The van der Waals surface area contributed by atoms with E-state index in [1.807, 2.05) is 18.2 Å². The lowest BCUT2D eigenvalue weighted by Gasteiger charge is -2.53. The third-order valence-electron chi connectivity index (χ3n) is 4.48. The Kier molecular flexibility index (Phi) is 2.30.